The summed E-state index contributed by atoms with van der Waals surface area (Å²) in [5, 5.41) is 1.95. The Kier molecular flexibility index (Phi) is 2.85. The lowest BCUT2D eigenvalue weighted by Gasteiger charge is -2.18. The second-order valence-corrected chi connectivity index (χ2v) is 5.44. The van der Waals surface area contributed by atoms with Gasteiger partial charge < -0.3 is 10.7 Å². The summed E-state index contributed by atoms with van der Waals surface area (Å²) in [6, 6.07) is 6.08. The van der Waals surface area contributed by atoms with Crippen LogP contribution < -0.4 is 5.73 Å². The van der Waals surface area contributed by atoms with E-state index in [1.165, 1.54) is 36.6 Å². The van der Waals surface area contributed by atoms with E-state index in [1.807, 2.05) is 24.4 Å². The van der Waals surface area contributed by atoms with Crippen molar-refractivity contribution in [1.82, 2.24) is 4.98 Å². The van der Waals surface area contributed by atoms with Gasteiger partial charge in [-0.1, -0.05) is 24.4 Å². The Bertz CT molecular complexity index is 526. The van der Waals surface area contributed by atoms with Crippen LogP contribution in [0.5, 0.6) is 0 Å². The second kappa shape index (κ2) is 4.35. The molecule has 1 unspecified atom stereocenters. The molecular formula is C14H17ClN2. The number of rotatable bonds is 2. The van der Waals surface area contributed by atoms with Crippen LogP contribution >= 0.6 is 11.6 Å². The van der Waals surface area contributed by atoms with Crippen LogP contribution in [-0.2, 0) is 0 Å². The summed E-state index contributed by atoms with van der Waals surface area (Å²) >= 11 is 6.06. The van der Waals surface area contributed by atoms with Gasteiger partial charge in [0.15, 0.2) is 0 Å². The van der Waals surface area contributed by atoms with Gasteiger partial charge in [-0.2, -0.15) is 0 Å². The Morgan fingerprint density at radius 2 is 2.06 bits per heavy atom. The highest BCUT2D eigenvalue weighted by molar-refractivity contribution is 6.31. The van der Waals surface area contributed by atoms with Gasteiger partial charge in [-0.05, 0) is 42.5 Å². The van der Waals surface area contributed by atoms with E-state index in [4.69, 9.17) is 17.3 Å². The molecule has 0 aliphatic heterocycles. The van der Waals surface area contributed by atoms with Crippen molar-refractivity contribution in [3.05, 3.63) is 35.0 Å². The molecule has 0 bridgehead atoms. The predicted molar refractivity (Wildman–Crippen MR) is 72.2 cm³/mol. The minimum Gasteiger partial charge on any atom is -0.361 e. The van der Waals surface area contributed by atoms with E-state index in [0.29, 0.717) is 5.92 Å². The summed E-state index contributed by atoms with van der Waals surface area (Å²) < 4.78 is 0. The topological polar surface area (TPSA) is 41.8 Å². The molecule has 1 aromatic heterocycles. The van der Waals surface area contributed by atoms with Crippen LogP contribution in [0.1, 0.15) is 37.3 Å². The maximum Gasteiger partial charge on any atom is 0.0458 e. The number of benzene rings is 1. The number of aromatic nitrogens is 1. The van der Waals surface area contributed by atoms with Crippen LogP contribution in [0, 0.1) is 5.92 Å². The highest BCUT2D eigenvalue weighted by atomic mass is 35.5. The summed E-state index contributed by atoms with van der Waals surface area (Å²) in [4.78, 5) is 3.28. The van der Waals surface area contributed by atoms with Gasteiger partial charge in [-0.3, -0.25) is 0 Å². The molecule has 1 aliphatic carbocycles. The maximum atomic E-state index is 6.40. The molecule has 2 aromatic rings. The monoisotopic (exact) mass is 248 g/mol. The molecule has 1 atom stereocenters. The summed E-state index contributed by atoms with van der Waals surface area (Å²) in [5.41, 5.74) is 8.74. The van der Waals surface area contributed by atoms with Crippen LogP contribution in [0.15, 0.2) is 24.4 Å². The van der Waals surface area contributed by atoms with E-state index >= 15 is 0 Å². The van der Waals surface area contributed by atoms with Gasteiger partial charge in [-0.25, -0.2) is 0 Å². The van der Waals surface area contributed by atoms with Crippen LogP contribution in [-0.4, -0.2) is 4.98 Å². The fourth-order valence-electron chi connectivity index (χ4n) is 2.96. The Labute approximate surface area is 106 Å². The van der Waals surface area contributed by atoms with Gasteiger partial charge >= 0.3 is 0 Å². The van der Waals surface area contributed by atoms with Crippen LogP contribution in [0.2, 0.25) is 5.02 Å². The fraction of sp³-hybridized carbons (Fsp3) is 0.429. The minimum atomic E-state index is 0.143. The van der Waals surface area contributed by atoms with Crippen LogP contribution in [0.25, 0.3) is 10.9 Å². The van der Waals surface area contributed by atoms with E-state index in [1.54, 1.807) is 0 Å². The molecule has 1 saturated carbocycles. The van der Waals surface area contributed by atoms with E-state index in [-0.39, 0.29) is 6.04 Å². The number of aromatic amines is 1. The van der Waals surface area contributed by atoms with Gasteiger partial charge in [0, 0.05) is 28.2 Å². The van der Waals surface area contributed by atoms with Gasteiger partial charge in [0.05, 0.1) is 0 Å². The summed E-state index contributed by atoms with van der Waals surface area (Å²) in [5.74, 6) is 0.632. The SMILES string of the molecule is NC(c1c[nH]c2ccc(Cl)cc12)C1CCCC1. The number of H-pyrrole nitrogens is 1. The van der Waals surface area contributed by atoms with Crippen molar-refractivity contribution < 1.29 is 0 Å². The molecule has 0 radical (unpaired) electrons. The zero-order valence-electron chi connectivity index (χ0n) is 9.75. The number of halogens is 1. The Morgan fingerprint density at radius 1 is 1.29 bits per heavy atom. The van der Waals surface area contributed by atoms with Crippen molar-refractivity contribution in [3.8, 4) is 0 Å². The maximum absolute atomic E-state index is 6.40. The molecule has 90 valence electrons. The largest absolute Gasteiger partial charge is 0.361 e. The molecule has 1 aromatic carbocycles. The smallest absolute Gasteiger partial charge is 0.0458 e. The van der Waals surface area contributed by atoms with Crippen molar-refractivity contribution >= 4 is 22.5 Å². The average molecular weight is 249 g/mol. The standard InChI is InChI=1S/C14H17ClN2/c15-10-5-6-13-11(7-10)12(8-17-13)14(16)9-3-1-2-4-9/h5-9,14,17H,1-4,16H2. The zero-order chi connectivity index (χ0) is 11.8. The van der Waals surface area contributed by atoms with E-state index < -0.39 is 0 Å². The first-order valence-electron chi connectivity index (χ1n) is 6.28. The lowest BCUT2D eigenvalue weighted by atomic mass is 9.92. The molecule has 3 rings (SSSR count). The van der Waals surface area contributed by atoms with Crippen molar-refractivity contribution in [3.63, 3.8) is 0 Å². The molecule has 0 spiro atoms. The number of hydrogen-bond donors (Lipinski definition) is 2. The number of nitrogens with one attached hydrogen (secondary N) is 1. The summed E-state index contributed by atoms with van der Waals surface area (Å²) in [6.07, 6.45) is 7.20. The molecule has 3 heteroatoms. The van der Waals surface area contributed by atoms with Crippen molar-refractivity contribution in [2.75, 3.05) is 0 Å². The molecule has 2 nitrogen and oxygen atoms in total. The van der Waals surface area contributed by atoms with Crippen molar-refractivity contribution in [2.24, 2.45) is 11.7 Å². The third kappa shape index (κ3) is 1.96. The third-order valence-electron chi connectivity index (χ3n) is 3.94. The number of nitrogens with two attached hydrogens (primary N) is 1. The molecule has 1 fully saturated rings. The van der Waals surface area contributed by atoms with Gasteiger partial charge in [0.1, 0.15) is 0 Å². The molecule has 0 saturated heterocycles. The Hall–Kier alpha value is -0.990. The van der Waals surface area contributed by atoms with Gasteiger partial charge in [0.25, 0.3) is 0 Å². The molecule has 1 heterocycles. The first-order chi connectivity index (χ1) is 8.25. The number of fused-ring (bicyclic) bond motifs is 1. The minimum absolute atomic E-state index is 0.143. The molecule has 17 heavy (non-hydrogen) atoms. The normalized spacial score (nSPS) is 18.9. The molecule has 1 aliphatic rings. The molecule has 3 N–H and O–H groups in total. The average Bonchev–Trinajstić information content (AvgIpc) is 2.97. The van der Waals surface area contributed by atoms with E-state index in [9.17, 15) is 0 Å². The van der Waals surface area contributed by atoms with Crippen LogP contribution in [0.3, 0.4) is 0 Å². The Morgan fingerprint density at radius 3 is 2.82 bits per heavy atom. The fourth-order valence-corrected chi connectivity index (χ4v) is 3.13. The van der Waals surface area contributed by atoms with Crippen molar-refractivity contribution in [2.45, 2.75) is 31.7 Å². The summed E-state index contributed by atoms with van der Waals surface area (Å²) in [6.45, 7) is 0. The predicted octanol–water partition coefficient (Wildman–Crippen LogP) is 4.01. The molecule has 0 amide bonds. The van der Waals surface area contributed by atoms with Gasteiger partial charge in [-0.15, -0.1) is 0 Å². The van der Waals surface area contributed by atoms with Crippen molar-refractivity contribution in [1.29, 1.82) is 0 Å². The van der Waals surface area contributed by atoms with Crippen LogP contribution in [0.4, 0.5) is 0 Å². The first-order valence-corrected chi connectivity index (χ1v) is 6.65. The quantitative estimate of drug-likeness (QED) is 0.828. The van der Waals surface area contributed by atoms with Gasteiger partial charge in [0.2, 0.25) is 0 Å². The lowest BCUT2D eigenvalue weighted by molar-refractivity contribution is 0.447. The second-order valence-electron chi connectivity index (χ2n) is 5.00. The highest BCUT2D eigenvalue weighted by Crippen LogP contribution is 2.37. The van der Waals surface area contributed by atoms with E-state index in [0.717, 1.165) is 10.5 Å². The Balaban J connectivity index is 2.01. The highest BCUT2D eigenvalue weighted by Gasteiger charge is 2.25. The lowest BCUT2D eigenvalue weighted by Crippen LogP contribution is -2.18. The number of hydrogen-bond acceptors (Lipinski definition) is 1. The third-order valence-corrected chi connectivity index (χ3v) is 4.18. The van der Waals surface area contributed by atoms with E-state index in [2.05, 4.69) is 4.98 Å². The molecular weight excluding hydrogens is 232 g/mol. The first kappa shape index (κ1) is 11.1. The summed E-state index contributed by atoms with van der Waals surface area (Å²) in [7, 11) is 0. The zero-order valence-corrected chi connectivity index (χ0v) is 10.5.